The Morgan fingerprint density at radius 1 is 0.385 bits per heavy atom. The summed E-state index contributed by atoms with van der Waals surface area (Å²) in [7, 11) is 0. The van der Waals surface area contributed by atoms with Gasteiger partial charge in [-0.3, -0.25) is 0 Å². The zero-order valence-corrected chi connectivity index (χ0v) is 35.4. The van der Waals surface area contributed by atoms with E-state index >= 15 is 0 Å². The molecule has 2 aliphatic heterocycles. The van der Waals surface area contributed by atoms with Gasteiger partial charge in [0.05, 0.1) is 22.2 Å². The molecule has 2 spiro atoms. The summed E-state index contributed by atoms with van der Waals surface area (Å²) in [6, 6.07) is 77.5. The molecule has 9 aromatic rings. The van der Waals surface area contributed by atoms with E-state index in [0.717, 1.165) is 62.3 Å². The summed E-state index contributed by atoms with van der Waals surface area (Å²) < 4.78 is 13.9. The SMILES string of the molecule is C1=CC2c3ccccc3C3(c4ccccc4Oc4cc(N(c5ccccc5-c5ccccc5)c5cccc6c5-c5ccccc5C65c6ccccc6Oc6ccccc65)ccc43)C2C=C1. The lowest BCUT2D eigenvalue weighted by Crippen LogP contribution is -2.37. The number of nitrogens with zero attached hydrogens (tertiary/aromatic N) is 1. The Hall–Kier alpha value is -8.14. The van der Waals surface area contributed by atoms with Gasteiger partial charge in [0.2, 0.25) is 0 Å². The molecule has 3 atom stereocenters. The van der Waals surface area contributed by atoms with Gasteiger partial charge in [-0.1, -0.05) is 194 Å². The van der Waals surface area contributed by atoms with Gasteiger partial charge in [-0.2, -0.15) is 0 Å². The number of rotatable bonds is 4. The van der Waals surface area contributed by atoms with Crippen molar-refractivity contribution in [2.45, 2.75) is 16.7 Å². The highest BCUT2D eigenvalue weighted by molar-refractivity contribution is 6.00. The summed E-state index contributed by atoms with van der Waals surface area (Å²) in [5, 5.41) is 0. The minimum atomic E-state index is -0.610. The van der Waals surface area contributed by atoms with E-state index in [2.05, 4.69) is 242 Å². The van der Waals surface area contributed by atoms with Crippen LogP contribution >= 0.6 is 0 Å². The third-order valence-electron chi connectivity index (χ3n) is 14.9. The Kier molecular flexibility index (Phi) is 7.65. The summed E-state index contributed by atoms with van der Waals surface area (Å²) in [5.74, 6) is 3.98. The summed E-state index contributed by atoms with van der Waals surface area (Å²) in [6.07, 6.45) is 9.27. The van der Waals surface area contributed by atoms with Crippen LogP contribution in [-0.4, -0.2) is 0 Å². The Bertz CT molecular complexity index is 3450. The van der Waals surface area contributed by atoms with Gasteiger partial charge in [0.1, 0.15) is 23.0 Å². The van der Waals surface area contributed by atoms with Crippen molar-refractivity contribution in [1.29, 1.82) is 0 Å². The maximum absolute atomic E-state index is 7.17. The smallest absolute Gasteiger partial charge is 0.134 e. The maximum Gasteiger partial charge on any atom is 0.134 e. The predicted octanol–water partition coefficient (Wildman–Crippen LogP) is 15.6. The lowest BCUT2D eigenvalue weighted by molar-refractivity contribution is 0.374. The van der Waals surface area contributed by atoms with Crippen LogP contribution in [-0.2, 0) is 10.8 Å². The van der Waals surface area contributed by atoms with Crippen LogP contribution in [0, 0.1) is 5.92 Å². The van der Waals surface area contributed by atoms with E-state index in [-0.39, 0.29) is 11.8 Å². The average molecular weight is 832 g/mol. The molecule has 0 N–H and O–H groups in total. The van der Waals surface area contributed by atoms with Crippen molar-refractivity contribution in [2.75, 3.05) is 4.90 Å². The van der Waals surface area contributed by atoms with Gasteiger partial charge in [0.15, 0.2) is 0 Å². The molecule has 0 fully saturated rings. The molecular weight excluding hydrogens is 791 g/mol. The first-order chi connectivity index (χ1) is 32.3. The van der Waals surface area contributed by atoms with E-state index in [1.54, 1.807) is 0 Å². The number of fused-ring (bicyclic) bond motifs is 18. The Morgan fingerprint density at radius 3 is 1.72 bits per heavy atom. The van der Waals surface area contributed by atoms with Gasteiger partial charge < -0.3 is 14.4 Å². The molecule has 3 nitrogen and oxygen atoms in total. The van der Waals surface area contributed by atoms with Crippen LogP contribution in [0.15, 0.2) is 237 Å². The van der Waals surface area contributed by atoms with Crippen molar-refractivity contribution >= 4 is 17.1 Å². The highest BCUT2D eigenvalue weighted by atomic mass is 16.5. The molecule has 0 saturated heterocycles. The van der Waals surface area contributed by atoms with Crippen LogP contribution in [0.1, 0.15) is 50.4 Å². The van der Waals surface area contributed by atoms with Crippen molar-refractivity contribution < 1.29 is 9.47 Å². The molecule has 3 aliphatic carbocycles. The molecule has 306 valence electrons. The third kappa shape index (κ3) is 4.79. The summed E-state index contributed by atoms with van der Waals surface area (Å²) in [5.41, 5.74) is 16.7. The normalized spacial score (nSPS) is 19.1. The van der Waals surface area contributed by atoms with E-state index in [4.69, 9.17) is 9.47 Å². The monoisotopic (exact) mass is 831 g/mol. The van der Waals surface area contributed by atoms with Crippen molar-refractivity contribution in [3.8, 4) is 45.3 Å². The molecule has 0 amide bonds. The fourth-order valence-corrected chi connectivity index (χ4v) is 12.5. The van der Waals surface area contributed by atoms with Gasteiger partial charge in [0.25, 0.3) is 0 Å². The summed E-state index contributed by atoms with van der Waals surface area (Å²) in [4.78, 5) is 2.49. The van der Waals surface area contributed by atoms with Crippen LogP contribution in [0.3, 0.4) is 0 Å². The van der Waals surface area contributed by atoms with Crippen molar-refractivity contribution in [3.05, 3.63) is 281 Å². The molecule has 2 heterocycles. The molecule has 3 heteroatoms. The number of ether oxygens (including phenoxy) is 2. The summed E-state index contributed by atoms with van der Waals surface area (Å²) in [6.45, 7) is 0. The molecule has 3 unspecified atom stereocenters. The van der Waals surface area contributed by atoms with E-state index in [1.165, 1.54) is 44.5 Å². The number of anilines is 3. The first kappa shape index (κ1) is 36.4. The number of benzene rings is 9. The second-order valence-corrected chi connectivity index (χ2v) is 17.8. The van der Waals surface area contributed by atoms with Crippen LogP contribution < -0.4 is 14.4 Å². The third-order valence-corrected chi connectivity index (χ3v) is 14.9. The van der Waals surface area contributed by atoms with E-state index in [9.17, 15) is 0 Å². The van der Waals surface area contributed by atoms with Gasteiger partial charge in [-0.25, -0.2) is 0 Å². The maximum atomic E-state index is 7.17. The molecule has 65 heavy (non-hydrogen) atoms. The molecule has 0 radical (unpaired) electrons. The highest BCUT2D eigenvalue weighted by Crippen LogP contribution is 2.67. The molecule has 0 bridgehead atoms. The topological polar surface area (TPSA) is 21.7 Å². The standard InChI is InChI=1S/C62H41NO2/c1-2-19-40(20-3-1)42-21-7-14-32-54(42)63(41-37-38-52-59(39-41)65-58-36-17-11-28-49(58)61(52)46-25-8-4-22-43(46)44-23-5-9-26-47(44)61)55-33-18-31-53-60(55)45-24-6-10-27-48(45)62(53)50-29-12-15-34-56(50)64-57-35-16-13-30-51(57)62/h1-39,43,46H. The second kappa shape index (κ2) is 13.7. The number of hydrogen-bond donors (Lipinski definition) is 0. The average Bonchev–Trinajstić information content (AvgIpc) is 3.83. The highest BCUT2D eigenvalue weighted by Gasteiger charge is 2.57. The minimum Gasteiger partial charge on any atom is -0.457 e. The largest absolute Gasteiger partial charge is 0.457 e. The van der Waals surface area contributed by atoms with Crippen molar-refractivity contribution in [2.24, 2.45) is 5.92 Å². The number of allylic oxidation sites excluding steroid dienone is 4. The first-order valence-corrected chi connectivity index (χ1v) is 22.7. The predicted molar refractivity (Wildman–Crippen MR) is 261 cm³/mol. The Balaban J connectivity index is 1.06. The van der Waals surface area contributed by atoms with E-state index in [1.807, 2.05) is 0 Å². The lowest BCUT2D eigenvalue weighted by Gasteiger charge is -2.43. The molecule has 0 aromatic heterocycles. The molecule has 0 saturated carbocycles. The van der Waals surface area contributed by atoms with Gasteiger partial charge in [-0.15, -0.1) is 0 Å². The van der Waals surface area contributed by atoms with Crippen LogP contribution in [0.25, 0.3) is 22.3 Å². The Labute approximate surface area is 378 Å². The second-order valence-electron chi connectivity index (χ2n) is 17.8. The van der Waals surface area contributed by atoms with Gasteiger partial charge in [-0.05, 0) is 69.8 Å². The molecule has 9 aromatic carbocycles. The first-order valence-electron chi connectivity index (χ1n) is 22.7. The van der Waals surface area contributed by atoms with Gasteiger partial charge in [0, 0.05) is 57.0 Å². The molecular formula is C62H41NO2. The van der Waals surface area contributed by atoms with Gasteiger partial charge >= 0.3 is 0 Å². The molecule has 5 aliphatic rings. The van der Waals surface area contributed by atoms with E-state index in [0.29, 0.717) is 0 Å². The quantitative estimate of drug-likeness (QED) is 0.176. The van der Waals surface area contributed by atoms with Crippen LogP contribution in [0.4, 0.5) is 17.1 Å². The number of para-hydroxylation sites is 4. The van der Waals surface area contributed by atoms with E-state index < -0.39 is 10.8 Å². The Morgan fingerprint density at radius 2 is 0.938 bits per heavy atom. The fraction of sp³-hybridized carbons (Fsp3) is 0.0645. The number of hydrogen-bond acceptors (Lipinski definition) is 3. The minimum absolute atomic E-state index is 0.185. The zero-order chi connectivity index (χ0) is 42.7. The van der Waals surface area contributed by atoms with Crippen molar-refractivity contribution in [1.82, 2.24) is 0 Å². The lowest BCUT2D eigenvalue weighted by atomic mass is 9.62. The van der Waals surface area contributed by atoms with Crippen molar-refractivity contribution in [3.63, 3.8) is 0 Å². The molecule has 14 rings (SSSR count). The summed E-state index contributed by atoms with van der Waals surface area (Å²) >= 11 is 0. The zero-order valence-electron chi connectivity index (χ0n) is 35.4. The fourth-order valence-electron chi connectivity index (χ4n) is 12.5. The van der Waals surface area contributed by atoms with Crippen LogP contribution in [0.5, 0.6) is 23.0 Å². The van der Waals surface area contributed by atoms with Crippen LogP contribution in [0.2, 0.25) is 0 Å².